The molecule has 0 saturated heterocycles. The highest BCUT2D eigenvalue weighted by molar-refractivity contribution is 5.91. The summed E-state index contributed by atoms with van der Waals surface area (Å²) in [6, 6.07) is 4.84. The van der Waals surface area contributed by atoms with Crippen molar-refractivity contribution in [2.75, 3.05) is 0 Å². The molecule has 1 aliphatic rings. The topological polar surface area (TPSA) is 96.0 Å². The number of benzene rings is 1. The van der Waals surface area contributed by atoms with Gasteiger partial charge in [0.05, 0.1) is 11.3 Å². The van der Waals surface area contributed by atoms with Crippen LogP contribution < -0.4 is 0 Å². The van der Waals surface area contributed by atoms with Crippen molar-refractivity contribution in [3.8, 4) is 0 Å². The van der Waals surface area contributed by atoms with E-state index in [4.69, 9.17) is 0 Å². The molecule has 1 aromatic carbocycles. The number of nitrogens with zero attached hydrogens (tertiary/aromatic N) is 3. The Kier molecular flexibility index (Phi) is 5.12. The van der Waals surface area contributed by atoms with Crippen molar-refractivity contribution in [3.05, 3.63) is 39.9 Å². The summed E-state index contributed by atoms with van der Waals surface area (Å²) in [5.74, 6) is -1.04. The third-order valence-electron chi connectivity index (χ3n) is 3.77. The van der Waals surface area contributed by atoms with Gasteiger partial charge in [-0.1, -0.05) is 25.5 Å². The lowest BCUT2D eigenvalue weighted by atomic mass is 10.0. The highest BCUT2D eigenvalue weighted by Gasteiger charge is 2.62. The smallest absolute Gasteiger partial charge is 0.362 e. The molecule has 1 N–H and O–H groups in total. The predicted octanol–water partition coefficient (Wildman–Crippen LogP) is 2.78. The molecule has 10 heteroatoms. The number of nitro benzene ring substituents is 1. The summed E-state index contributed by atoms with van der Waals surface area (Å²) in [5, 5.41) is 24.4. The highest BCUT2D eigenvalue weighted by Crippen LogP contribution is 2.41. The molecular weight excluding hydrogens is 343 g/mol. The van der Waals surface area contributed by atoms with E-state index in [-0.39, 0.29) is 28.4 Å². The molecule has 1 aliphatic heterocycles. The number of non-ortho nitro benzene ring substituents is 1. The van der Waals surface area contributed by atoms with Crippen LogP contribution in [0.25, 0.3) is 0 Å². The molecule has 1 heterocycles. The van der Waals surface area contributed by atoms with Gasteiger partial charge in [0.2, 0.25) is 5.91 Å². The molecule has 1 aromatic rings. The summed E-state index contributed by atoms with van der Waals surface area (Å²) in [5.41, 5.74) is -3.19. The van der Waals surface area contributed by atoms with Gasteiger partial charge < -0.3 is 5.11 Å². The van der Waals surface area contributed by atoms with Crippen molar-refractivity contribution >= 4 is 17.3 Å². The minimum absolute atomic E-state index is 0.0827. The van der Waals surface area contributed by atoms with Gasteiger partial charge >= 0.3 is 6.18 Å². The van der Waals surface area contributed by atoms with Gasteiger partial charge in [-0.2, -0.15) is 23.3 Å². The average Bonchev–Trinajstić information content (AvgIpc) is 2.86. The van der Waals surface area contributed by atoms with Crippen LogP contribution in [0.1, 0.15) is 31.7 Å². The van der Waals surface area contributed by atoms with Crippen LogP contribution in [0.2, 0.25) is 0 Å². The number of halogens is 3. The van der Waals surface area contributed by atoms with Crippen molar-refractivity contribution in [2.24, 2.45) is 5.10 Å². The number of hydrogen-bond donors (Lipinski definition) is 1. The van der Waals surface area contributed by atoms with E-state index in [2.05, 4.69) is 5.10 Å². The Morgan fingerprint density at radius 2 is 2.00 bits per heavy atom. The Morgan fingerprint density at radius 3 is 2.48 bits per heavy atom. The molecule has 136 valence electrons. The molecule has 0 aromatic heterocycles. The predicted molar refractivity (Wildman–Crippen MR) is 81.6 cm³/mol. The van der Waals surface area contributed by atoms with E-state index >= 15 is 0 Å². The van der Waals surface area contributed by atoms with Crippen molar-refractivity contribution in [3.63, 3.8) is 0 Å². The van der Waals surface area contributed by atoms with Crippen LogP contribution >= 0.6 is 0 Å². The Balaban J connectivity index is 2.23. The van der Waals surface area contributed by atoms with E-state index < -0.39 is 35.6 Å². The number of alkyl halides is 3. The summed E-state index contributed by atoms with van der Waals surface area (Å²) >= 11 is 0. The highest BCUT2D eigenvalue weighted by atomic mass is 19.4. The third kappa shape index (κ3) is 3.78. The lowest BCUT2D eigenvalue weighted by molar-refractivity contribution is -0.384. The fraction of sp³-hybridized carbons (Fsp3) is 0.467. The maximum absolute atomic E-state index is 13.3. The van der Waals surface area contributed by atoms with Gasteiger partial charge in [0.15, 0.2) is 0 Å². The molecular formula is C15H16F3N3O4. The number of carbonyl (C=O) groups excluding carboxylic acids is 1. The zero-order valence-corrected chi connectivity index (χ0v) is 13.3. The fourth-order valence-corrected chi connectivity index (χ4v) is 2.51. The summed E-state index contributed by atoms with van der Waals surface area (Å²) in [4.78, 5) is 22.2. The first kappa shape index (κ1) is 18.8. The minimum Gasteiger partial charge on any atom is -0.362 e. The lowest BCUT2D eigenvalue weighted by Crippen LogP contribution is -2.57. The summed E-state index contributed by atoms with van der Waals surface area (Å²) in [6.07, 6.45) is -5.55. The number of amides is 1. The first-order valence-corrected chi connectivity index (χ1v) is 7.50. The number of hydrogen-bond acceptors (Lipinski definition) is 5. The van der Waals surface area contributed by atoms with Crippen molar-refractivity contribution in [1.29, 1.82) is 0 Å². The molecule has 2 rings (SSSR count). The second-order valence-corrected chi connectivity index (χ2v) is 5.71. The van der Waals surface area contributed by atoms with Gasteiger partial charge in [0.25, 0.3) is 11.4 Å². The van der Waals surface area contributed by atoms with Crippen LogP contribution in [0.3, 0.4) is 0 Å². The number of hydrazone groups is 1. The van der Waals surface area contributed by atoms with E-state index in [1.165, 1.54) is 12.1 Å². The third-order valence-corrected chi connectivity index (χ3v) is 3.77. The monoisotopic (exact) mass is 359 g/mol. The van der Waals surface area contributed by atoms with Gasteiger partial charge in [-0.05, 0) is 12.0 Å². The molecule has 0 radical (unpaired) electrons. The molecule has 0 aliphatic carbocycles. The Labute approximate surface area is 140 Å². The van der Waals surface area contributed by atoms with E-state index in [0.29, 0.717) is 6.42 Å². The minimum atomic E-state index is -5.06. The number of rotatable bonds is 5. The molecule has 0 fully saturated rings. The Morgan fingerprint density at radius 1 is 1.40 bits per heavy atom. The van der Waals surface area contributed by atoms with Gasteiger partial charge in [-0.15, -0.1) is 0 Å². The maximum Gasteiger partial charge on any atom is 0.438 e. The summed E-state index contributed by atoms with van der Waals surface area (Å²) in [6.45, 7) is 1.75. The van der Waals surface area contributed by atoms with E-state index in [0.717, 1.165) is 12.1 Å². The zero-order chi connectivity index (χ0) is 18.8. The maximum atomic E-state index is 13.3. The molecule has 0 unspecified atom stereocenters. The second-order valence-electron chi connectivity index (χ2n) is 5.71. The molecule has 25 heavy (non-hydrogen) atoms. The quantitative estimate of drug-likeness (QED) is 0.646. The average molecular weight is 359 g/mol. The van der Waals surface area contributed by atoms with Gasteiger partial charge in [-0.25, -0.2) is 0 Å². The summed E-state index contributed by atoms with van der Waals surface area (Å²) in [7, 11) is 0. The van der Waals surface area contributed by atoms with Crippen LogP contribution in [0.15, 0.2) is 29.4 Å². The van der Waals surface area contributed by atoms with Crippen molar-refractivity contribution < 1.29 is 28.0 Å². The molecule has 0 bridgehead atoms. The molecule has 0 saturated carbocycles. The zero-order valence-electron chi connectivity index (χ0n) is 13.3. The Hall–Kier alpha value is -2.49. The second kappa shape index (κ2) is 6.79. The van der Waals surface area contributed by atoms with Gasteiger partial charge in [0.1, 0.15) is 0 Å². The first-order valence-electron chi connectivity index (χ1n) is 7.50. The van der Waals surface area contributed by atoms with Crippen LogP contribution in [0, 0.1) is 10.1 Å². The van der Waals surface area contributed by atoms with Gasteiger partial charge in [0, 0.05) is 24.3 Å². The standard InChI is InChI=1S/C15H16F3N3O4/c1-2-3-11-9-14(23,15(16,17)18)20(19-11)13(22)8-10-4-6-12(7-5-10)21(24)25/h4-7,23H,2-3,8-9H2,1H3/t14-/m1/s1. The number of aliphatic hydroxyl groups is 1. The van der Waals surface area contributed by atoms with Crippen molar-refractivity contribution in [2.45, 2.75) is 44.5 Å². The van der Waals surface area contributed by atoms with Gasteiger partial charge in [-0.3, -0.25) is 14.9 Å². The van der Waals surface area contributed by atoms with Crippen LogP contribution in [0.5, 0.6) is 0 Å². The first-order chi connectivity index (χ1) is 11.6. The van der Waals surface area contributed by atoms with E-state index in [1.807, 2.05) is 0 Å². The molecule has 1 atom stereocenters. The number of nitro groups is 1. The summed E-state index contributed by atoms with van der Waals surface area (Å²) < 4.78 is 39.8. The van der Waals surface area contributed by atoms with E-state index in [9.17, 15) is 33.2 Å². The fourth-order valence-electron chi connectivity index (χ4n) is 2.51. The van der Waals surface area contributed by atoms with Crippen LogP contribution in [0.4, 0.5) is 18.9 Å². The Bertz CT molecular complexity index is 703. The molecule has 7 nitrogen and oxygen atoms in total. The normalized spacial score (nSPS) is 20.5. The van der Waals surface area contributed by atoms with Crippen LogP contribution in [-0.4, -0.2) is 38.6 Å². The molecule has 0 spiro atoms. The largest absolute Gasteiger partial charge is 0.438 e. The van der Waals surface area contributed by atoms with Crippen molar-refractivity contribution in [1.82, 2.24) is 5.01 Å². The lowest BCUT2D eigenvalue weighted by Gasteiger charge is -2.32. The van der Waals surface area contributed by atoms with E-state index in [1.54, 1.807) is 6.92 Å². The van der Waals surface area contributed by atoms with Crippen LogP contribution in [-0.2, 0) is 11.2 Å². The molecule has 1 amide bonds. The SMILES string of the molecule is CCCC1=NN(C(=O)Cc2ccc([N+](=O)[O-])cc2)[C@](O)(C(F)(F)F)C1. The number of carbonyl (C=O) groups is 1.